The maximum atomic E-state index is 11.1. The minimum absolute atomic E-state index is 0.337. The lowest BCUT2D eigenvalue weighted by Gasteiger charge is -2.08. The van der Waals surface area contributed by atoms with Crippen molar-refractivity contribution in [1.82, 2.24) is 9.55 Å². The molecule has 4 heteroatoms. The molecule has 1 aliphatic carbocycles. The molecule has 2 aromatic rings. The predicted octanol–water partition coefficient (Wildman–Crippen LogP) is 3.49. The monoisotopic (exact) mass is 272 g/mol. The Morgan fingerprint density at radius 3 is 2.90 bits per heavy atom. The van der Waals surface area contributed by atoms with E-state index in [0.717, 1.165) is 42.2 Å². The number of carboxylic acid groups (broad SMARTS) is 1. The van der Waals surface area contributed by atoms with Gasteiger partial charge in [-0.25, -0.2) is 9.78 Å². The molecular weight excluding hydrogens is 252 g/mol. The van der Waals surface area contributed by atoms with Gasteiger partial charge in [-0.05, 0) is 37.0 Å². The fourth-order valence-corrected chi connectivity index (χ4v) is 2.77. The third-order valence-electron chi connectivity index (χ3n) is 4.08. The maximum absolute atomic E-state index is 11.1. The van der Waals surface area contributed by atoms with Crippen LogP contribution in [0.2, 0.25) is 0 Å². The maximum Gasteiger partial charge on any atom is 0.335 e. The summed E-state index contributed by atoms with van der Waals surface area (Å²) in [4.78, 5) is 15.7. The first-order chi connectivity index (χ1) is 9.69. The lowest BCUT2D eigenvalue weighted by atomic mass is 10.2. The first-order valence-electron chi connectivity index (χ1n) is 7.41. The summed E-state index contributed by atoms with van der Waals surface area (Å²) in [5.74, 6) is 1.11. The molecule has 0 saturated heterocycles. The molecule has 20 heavy (non-hydrogen) atoms. The molecule has 1 aromatic carbocycles. The van der Waals surface area contributed by atoms with Crippen molar-refractivity contribution in [2.45, 2.75) is 45.6 Å². The summed E-state index contributed by atoms with van der Waals surface area (Å²) in [7, 11) is 0. The highest BCUT2D eigenvalue weighted by Crippen LogP contribution is 2.33. The van der Waals surface area contributed by atoms with Gasteiger partial charge in [0.1, 0.15) is 5.82 Å². The van der Waals surface area contributed by atoms with Crippen LogP contribution in [0.5, 0.6) is 0 Å². The predicted molar refractivity (Wildman–Crippen MR) is 78.0 cm³/mol. The molecule has 0 radical (unpaired) electrons. The topological polar surface area (TPSA) is 55.1 Å². The van der Waals surface area contributed by atoms with E-state index >= 15 is 0 Å². The zero-order valence-corrected chi connectivity index (χ0v) is 11.8. The van der Waals surface area contributed by atoms with Crippen molar-refractivity contribution >= 4 is 17.0 Å². The van der Waals surface area contributed by atoms with Gasteiger partial charge in [0.15, 0.2) is 0 Å². The van der Waals surface area contributed by atoms with E-state index in [2.05, 4.69) is 16.5 Å². The van der Waals surface area contributed by atoms with Crippen LogP contribution in [0.3, 0.4) is 0 Å². The van der Waals surface area contributed by atoms with Crippen molar-refractivity contribution in [2.24, 2.45) is 5.92 Å². The van der Waals surface area contributed by atoms with Crippen LogP contribution in [0.1, 0.15) is 48.8 Å². The highest BCUT2D eigenvalue weighted by molar-refractivity contribution is 5.92. The van der Waals surface area contributed by atoms with E-state index in [1.165, 1.54) is 19.3 Å². The van der Waals surface area contributed by atoms with Crippen molar-refractivity contribution in [2.75, 3.05) is 0 Å². The van der Waals surface area contributed by atoms with Gasteiger partial charge in [0, 0.05) is 13.0 Å². The normalized spacial score (nSPS) is 14.8. The summed E-state index contributed by atoms with van der Waals surface area (Å²) in [6.07, 6.45) is 6.07. The molecule has 1 aliphatic rings. The summed E-state index contributed by atoms with van der Waals surface area (Å²) in [6.45, 7) is 3.04. The molecule has 0 bridgehead atoms. The van der Waals surface area contributed by atoms with Crippen molar-refractivity contribution in [1.29, 1.82) is 0 Å². The first kappa shape index (κ1) is 13.2. The van der Waals surface area contributed by atoms with E-state index in [9.17, 15) is 4.79 Å². The molecule has 0 unspecified atom stereocenters. The number of nitrogens with zero attached hydrogens (tertiary/aromatic N) is 2. The van der Waals surface area contributed by atoms with Crippen molar-refractivity contribution in [3.63, 3.8) is 0 Å². The molecule has 1 heterocycles. The Kier molecular flexibility index (Phi) is 3.47. The summed E-state index contributed by atoms with van der Waals surface area (Å²) < 4.78 is 2.20. The third-order valence-corrected chi connectivity index (χ3v) is 4.08. The second-order valence-electron chi connectivity index (χ2n) is 5.63. The number of aromatic nitrogens is 2. The summed E-state index contributed by atoms with van der Waals surface area (Å²) in [5.41, 5.74) is 2.19. The summed E-state index contributed by atoms with van der Waals surface area (Å²) in [6, 6.07) is 5.20. The second-order valence-corrected chi connectivity index (χ2v) is 5.63. The Bertz CT molecular complexity index is 641. The van der Waals surface area contributed by atoms with Gasteiger partial charge in [-0.1, -0.05) is 19.8 Å². The van der Waals surface area contributed by atoms with Gasteiger partial charge in [0.05, 0.1) is 16.6 Å². The van der Waals surface area contributed by atoms with Gasteiger partial charge >= 0.3 is 5.97 Å². The fraction of sp³-hybridized carbons (Fsp3) is 0.500. The number of hydrogen-bond acceptors (Lipinski definition) is 2. The van der Waals surface area contributed by atoms with Crippen LogP contribution in [0.25, 0.3) is 11.0 Å². The molecule has 1 aromatic heterocycles. The number of carboxylic acids is 1. The number of fused-ring (bicyclic) bond motifs is 1. The van der Waals surface area contributed by atoms with Crippen LogP contribution in [-0.2, 0) is 13.0 Å². The van der Waals surface area contributed by atoms with Gasteiger partial charge < -0.3 is 9.67 Å². The molecule has 3 rings (SSSR count). The minimum atomic E-state index is -0.879. The molecular formula is C16H20N2O2. The molecule has 1 fully saturated rings. The van der Waals surface area contributed by atoms with Gasteiger partial charge in [-0.15, -0.1) is 0 Å². The number of aryl methyl sites for hydroxylation is 2. The number of rotatable bonds is 6. The summed E-state index contributed by atoms with van der Waals surface area (Å²) in [5, 5.41) is 9.13. The number of imidazole rings is 1. The standard InChI is InChI=1S/C16H20N2O2/c1-2-15-17-13-8-7-12(16(19)20)10-14(13)18(15)9-3-4-11-5-6-11/h7-8,10-11H,2-6,9H2,1H3,(H,19,20). The zero-order valence-electron chi connectivity index (χ0n) is 11.8. The van der Waals surface area contributed by atoms with E-state index in [0.29, 0.717) is 5.56 Å². The lowest BCUT2D eigenvalue weighted by Crippen LogP contribution is -2.04. The van der Waals surface area contributed by atoms with Crippen LogP contribution in [0, 0.1) is 5.92 Å². The average Bonchev–Trinajstić information content (AvgIpc) is 3.19. The Balaban J connectivity index is 1.92. The number of aromatic carboxylic acids is 1. The van der Waals surface area contributed by atoms with Crippen LogP contribution in [-0.4, -0.2) is 20.6 Å². The third kappa shape index (κ3) is 2.55. The van der Waals surface area contributed by atoms with Crippen LogP contribution in [0.15, 0.2) is 18.2 Å². The highest BCUT2D eigenvalue weighted by atomic mass is 16.4. The molecule has 1 saturated carbocycles. The zero-order chi connectivity index (χ0) is 14.1. The van der Waals surface area contributed by atoms with Crippen LogP contribution < -0.4 is 0 Å². The Morgan fingerprint density at radius 2 is 2.25 bits per heavy atom. The average molecular weight is 272 g/mol. The summed E-state index contributed by atoms with van der Waals surface area (Å²) >= 11 is 0. The van der Waals surface area contributed by atoms with E-state index in [4.69, 9.17) is 5.11 Å². The highest BCUT2D eigenvalue weighted by Gasteiger charge is 2.20. The molecule has 0 atom stereocenters. The van der Waals surface area contributed by atoms with Crippen LogP contribution >= 0.6 is 0 Å². The fourth-order valence-electron chi connectivity index (χ4n) is 2.77. The molecule has 4 nitrogen and oxygen atoms in total. The first-order valence-corrected chi connectivity index (χ1v) is 7.41. The molecule has 1 N–H and O–H groups in total. The van der Waals surface area contributed by atoms with Gasteiger partial charge in [-0.2, -0.15) is 0 Å². The van der Waals surface area contributed by atoms with E-state index < -0.39 is 5.97 Å². The van der Waals surface area contributed by atoms with Gasteiger partial charge in [0.25, 0.3) is 0 Å². The quantitative estimate of drug-likeness (QED) is 0.875. The van der Waals surface area contributed by atoms with Crippen molar-refractivity contribution < 1.29 is 9.90 Å². The smallest absolute Gasteiger partial charge is 0.335 e. The van der Waals surface area contributed by atoms with E-state index in [1.807, 2.05) is 6.07 Å². The minimum Gasteiger partial charge on any atom is -0.478 e. The molecule has 0 amide bonds. The Hall–Kier alpha value is -1.84. The van der Waals surface area contributed by atoms with Gasteiger partial charge in [0.2, 0.25) is 0 Å². The van der Waals surface area contributed by atoms with Gasteiger partial charge in [-0.3, -0.25) is 0 Å². The number of benzene rings is 1. The SMILES string of the molecule is CCc1nc2ccc(C(=O)O)cc2n1CCCC1CC1. The lowest BCUT2D eigenvalue weighted by molar-refractivity contribution is 0.0697. The largest absolute Gasteiger partial charge is 0.478 e. The number of hydrogen-bond donors (Lipinski definition) is 1. The molecule has 0 aliphatic heterocycles. The van der Waals surface area contributed by atoms with Crippen molar-refractivity contribution in [3.05, 3.63) is 29.6 Å². The van der Waals surface area contributed by atoms with Crippen LogP contribution in [0.4, 0.5) is 0 Å². The molecule has 106 valence electrons. The van der Waals surface area contributed by atoms with E-state index in [1.54, 1.807) is 12.1 Å². The number of carbonyl (C=O) groups is 1. The second kappa shape index (κ2) is 5.27. The Morgan fingerprint density at radius 1 is 1.45 bits per heavy atom. The molecule has 0 spiro atoms. The van der Waals surface area contributed by atoms with E-state index in [-0.39, 0.29) is 0 Å². The Labute approximate surface area is 118 Å². The van der Waals surface area contributed by atoms with Crippen molar-refractivity contribution in [3.8, 4) is 0 Å².